The number of ether oxygens (including phenoxy) is 1. The van der Waals surface area contributed by atoms with Crippen LogP contribution in [0.5, 0.6) is 5.75 Å². The molecular formula is C25H30N4O5S. The first-order valence-corrected chi connectivity index (χ1v) is 12.8. The molecule has 1 aliphatic heterocycles. The van der Waals surface area contributed by atoms with Gasteiger partial charge in [0.15, 0.2) is 5.76 Å². The highest BCUT2D eigenvalue weighted by Gasteiger charge is 2.37. The van der Waals surface area contributed by atoms with E-state index in [0.29, 0.717) is 30.2 Å². The Morgan fingerprint density at radius 2 is 1.74 bits per heavy atom. The Morgan fingerprint density at radius 1 is 1.06 bits per heavy atom. The first-order valence-electron chi connectivity index (χ1n) is 11.4. The number of nitrogens with one attached hydrogen (secondary N) is 1. The zero-order valence-electron chi connectivity index (χ0n) is 20.3. The van der Waals surface area contributed by atoms with E-state index in [0.717, 1.165) is 11.1 Å². The highest BCUT2D eigenvalue weighted by atomic mass is 32.2. The van der Waals surface area contributed by atoms with Crippen molar-refractivity contribution < 1.29 is 22.5 Å². The fourth-order valence-corrected chi connectivity index (χ4v) is 6.17. The van der Waals surface area contributed by atoms with Gasteiger partial charge in [-0.3, -0.25) is 9.69 Å². The molecule has 2 aromatic carbocycles. The number of carbonyl (C=O) groups is 1. The van der Waals surface area contributed by atoms with Crippen molar-refractivity contribution in [2.24, 2.45) is 0 Å². The van der Waals surface area contributed by atoms with Crippen LogP contribution in [0, 0.1) is 20.8 Å². The molecule has 0 bridgehead atoms. The Labute approximate surface area is 205 Å². The maximum Gasteiger partial charge on any atom is 0.248 e. The second kappa shape index (κ2) is 10.2. The van der Waals surface area contributed by atoms with Gasteiger partial charge in [-0.1, -0.05) is 41.6 Å². The van der Waals surface area contributed by atoms with Gasteiger partial charge in [0, 0.05) is 26.2 Å². The molecule has 9 nitrogen and oxygen atoms in total. The lowest BCUT2D eigenvalue weighted by molar-refractivity contribution is -0.122. The highest BCUT2D eigenvalue weighted by Crippen LogP contribution is 2.30. The summed E-state index contributed by atoms with van der Waals surface area (Å²) in [5.74, 6) is 0.645. The van der Waals surface area contributed by atoms with Crippen LogP contribution in [0.2, 0.25) is 0 Å². The smallest absolute Gasteiger partial charge is 0.248 e. The molecule has 1 fully saturated rings. The maximum atomic E-state index is 13.6. The van der Waals surface area contributed by atoms with Crippen LogP contribution in [0.25, 0.3) is 0 Å². The summed E-state index contributed by atoms with van der Waals surface area (Å²) in [6, 6.07) is 14.5. The lowest BCUT2D eigenvalue weighted by atomic mass is 10.0. The Balaban J connectivity index is 1.57. The lowest BCUT2D eigenvalue weighted by Gasteiger charge is -2.38. The fraction of sp³-hybridized carbons (Fsp3) is 0.360. The number of aryl methyl sites for hydroxylation is 3. The van der Waals surface area contributed by atoms with Crippen molar-refractivity contribution in [3.8, 4) is 5.75 Å². The summed E-state index contributed by atoms with van der Waals surface area (Å²) >= 11 is 0. The first kappa shape index (κ1) is 24.9. The van der Waals surface area contributed by atoms with Gasteiger partial charge in [-0.2, -0.15) is 4.31 Å². The number of piperazine rings is 1. The second-order valence-electron chi connectivity index (χ2n) is 8.60. The van der Waals surface area contributed by atoms with Crippen molar-refractivity contribution in [1.29, 1.82) is 0 Å². The van der Waals surface area contributed by atoms with Crippen molar-refractivity contribution >= 4 is 21.6 Å². The number of hydrogen-bond donors (Lipinski definition) is 1. The number of aromatic nitrogens is 1. The van der Waals surface area contributed by atoms with Crippen LogP contribution in [-0.2, 0) is 14.8 Å². The number of sulfonamides is 1. The minimum atomic E-state index is -3.74. The number of rotatable bonds is 7. The first-order chi connectivity index (χ1) is 16.7. The average molecular weight is 499 g/mol. The molecule has 0 radical (unpaired) electrons. The molecule has 0 spiro atoms. The molecule has 0 aliphatic carbocycles. The number of methoxy groups -OCH3 is 1. The van der Waals surface area contributed by atoms with E-state index in [-0.39, 0.29) is 29.7 Å². The van der Waals surface area contributed by atoms with Gasteiger partial charge in [0.05, 0.1) is 12.8 Å². The van der Waals surface area contributed by atoms with Gasteiger partial charge < -0.3 is 14.6 Å². The van der Waals surface area contributed by atoms with Gasteiger partial charge >= 0.3 is 0 Å². The summed E-state index contributed by atoms with van der Waals surface area (Å²) < 4.78 is 38.4. The van der Waals surface area contributed by atoms with Gasteiger partial charge in [0.2, 0.25) is 15.9 Å². The molecule has 3 aromatic rings. The lowest BCUT2D eigenvalue weighted by Crippen LogP contribution is -2.51. The summed E-state index contributed by atoms with van der Waals surface area (Å²) in [4.78, 5) is 15.7. The van der Waals surface area contributed by atoms with E-state index in [4.69, 9.17) is 9.26 Å². The summed E-state index contributed by atoms with van der Waals surface area (Å²) in [7, 11) is -2.18. The zero-order valence-corrected chi connectivity index (χ0v) is 21.1. The number of benzene rings is 2. The van der Waals surface area contributed by atoms with Crippen LogP contribution in [0.15, 0.2) is 57.9 Å². The Bertz CT molecular complexity index is 1280. The summed E-state index contributed by atoms with van der Waals surface area (Å²) in [6.45, 7) is 6.43. The predicted molar refractivity (Wildman–Crippen MR) is 132 cm³/mol. The van der Waals surface area contributed by atoms with E-state index in [1.807, 2.05) is 60.4 Å². The van der Waals surface area contributed by atoms with Crippen LogP contribution >= 0.6 is 0 Å². The third-order valence-electron chi connectivity index (χ3n) is 6.18. The van der Waals surface area contributed by atoms with Crippen molar-refractivity contribution in [2.45, 2.75) is 31.7 Å². The molecule has 1 amide bonds. The van der Waals surface area contributed by atoms with E-state index in [1.54, 1.807) is 21.0 Å². The van der Waals surface area contributed by atoms with Crippen LogP contribution in [-0.4, -0.2) is 62.0 Å². The fourth-order valence-electron chi connectivity index (χ4n) is 4.46. The van der Waals surface area contributed by atoms with Crippen molar-refractivity contribution in [2.75, 3.05) is 38.6 Å². The molecule has 35 heavy (non-hydrogen) atoms. The monoisotopic (exact) mass is 498 g/mol. The minimum absolute atomic E-state index is 0.120. The normalized spacial score (nSPS) is 16.1. The van der Waals surface area contributed by atoms with Crippen LogP contribution in [0.4, 0.5) is 5.69 Å². The van der Waals surface area contributed by atoms with E-state index >= 15 is 0 Å². The molecule has 0 saturated carbocycles. The van der Waals surface area contributed by atoms with E-state index < -0.39 is 16.1 Å². The van der Waals surface area contributed by atoms with Crippen LogP contribution in [0.1, 0.15) is 28.6 Å². The van der Waals surface area contributed by atoms with Crippen LogP contribution in [0.3, 0.4) is 0 Å². The van der Waals surface area contributed by atoms with Crippen molar-refractivity contribution in [3.63, 3.8) is 0 Å². The second-order valence-corrected chi connectivity index (χ2v) is 10.5. The summed E-state index contributed by atoms with van der Waals surface area (Å²) in [5, 5.41) is 6.81. The standard InChI is InChI=1S/C25H30N4O5S/c1-17-10-11-22(33-4)21(16-17)26-25(30)23(20-8-6-5-7-9-20)28-12-14-29(15-13-28)35(31,32)24-18(2)27-34-19(24)3/h5-11,16,23H,12-15H2,1-4H3,(H,26,30). The molecule has 186 valence electrons. The van der Waals surface area contributed by atoms with Gasteiger partial charge in [0.1, 0.15) is 22.4 Å². The predicted octanol–water partition coefficient (Wildman–Crippen LogP) is 3.29. The number of amides is 1. The van der Waals surface area contributed by atoms with Gasteiger partial charge in [-0.25, -0.2) is 8.42 Å². The van der Waals surface area contributed by atoms with Gasteiger partial charge in [-0.05, 0) is 44.0 Å². The SMILES string of the molecule is COc1ccc(C)cc1NC(=O)C(c1ccccc1)N1CCN(S(=O)(=O)c2c(C)noc2C)CC1. The molecule has 1 unspecified atom stereocenters. The van der Waals surface area contributed by atoms with E-state index in [1.165, 1.54) is 4.31 Å². The molecule has 2 heterocycles. The van der Waals surface area contributed by atoms with Gasteiger partial charge in [0.25, 0.3) is 0 Å². The topological polar surface area (TPSA) is 105 Å². The van der Waals surface area contributed by atoms with E-state index in [9.17, 15) is 13.2 Å². The molecule has 10 heteroatoms. The molecule has 1 aliphatic rings. The molecule has 4 rings (SSSR count). The summed E-state index contributed by atoms with van der Waals surface area (Å²) in [6.07, 6.45) is 0. The van der Waals surface area contributed by atoms with Crippen molar-refractivity contribution in [3.05, 3.63) is 71.1 Å². The van der Waals surface area contributed by atoms with Gasteiger partial charge in [-0.15, -0.1) is 0 Å². The largest absolute Gasteiger partial charge is 0.495 e. The molecule has 1 atom stereocenters. The zero-order chi connectivity index (χ0) is 25.2. The number of nitrogens with zero attached hydrogens (tertiary/aromatic N) is 3. The third kappa shape index (κ3) is 5.09. The number of anilines is 1. The Kier molecular flexibility index (Phi) is 7.25. The molecule has 1 N–H and O–H groups in total. The van der Waals surface area contributed by atoms with Crippen molar-refractivity contribution in [1.82, 2.24) is 14.4 Å². The third-order valence-corrected chi connectivity index (χ3v) is 8.32. The highest BCUT2D eigenvalue weighted by molar-refractivity contribution is 7.89. The number of hydrogen-bond acceptors (Lipinski definition) is 7. The number of carbonyl (C=O) groups excluding carboxylic acids is 1. The van der Waals surface area contributed by atoms with Crippen LogP contribution < -0.4 is 10.1 Å². The quantitative estimate of drug-likeness (QED) is 0.533. The molecular weight excluding hydrogens is 468 g/mol. The minimum Gasteiger partial charge on any atom is -0.495 e. The molecule has 1 saturated heterocycles. The average Bonchev–Trinajstić information content (AvgIpc) is 3.19. The maximum absolute atomic E-state index is 13.6. The Morgan fingerprint density at radius 3 is 2.34 bits per heavy atom. The Hall–Kier alpha value is -3.21. The molecule has 1 aromatic heterocycles. The summed E-state index contributed by atoms with van der Waals surface area (Å²) in [5.41, 5.74) is 2.77. The van der Waals surface area contributed by atoms with E-state index in [2.05, 4.69) is 10.5 Å².